The normalized spacial score (nSPS) is 11.2. The third-order valence-electron chi connectivity index (χ3n) is 16.5. The molecule has 0 aliphatic rings. The molecule has 0 amide bonds. The van der Waals surface area contributed by atoms with Gasteiger partial charge >= 0.3 is 0 Å². The van der Waals surface area contributed by atoms with Gasteiger partial charge in [0.15, 0.2) is 0 Å². The molecule has 0 aliphatic heterocycles. The summed E-state index contributed by atoms with van der Waals surface area (Å²) in [5.74, 6) is 0. The van der Waals surface area contributed by atoms with Crippen LogP contribution in [0.3, 0.4) is 0 Å². The standard InChI is InChI=1S/C82H59N5/c1-4-26-68(27-5-1)83(71-40-44-73(45-41-71)84(69-28-6-2-7-29-69)75-48-52-77(53-49-75)86(79-36-32-60-18-10-14-22-64(60)56-79)80-37-33-61-19-11-15-23-65(61)57-80)72-42-46-74(47-43-72)85(70-30-8-3-9-31-70)76-50-54-78(55-51-76)87(81-38-34-62-20-12-16-24-66(62)58-81)82-39-35-63-21-13-17-25-67(63)59-82/h1-59H. The first-order valence-corrected chi connectivity index (χ1v) is 29.6. The largest absolute Gasteiger partial charge is 0.311 e. The van der Waals surface area contributed by atoms with Crippen molar-refractivity contribution < 1.29 is 0 Å². The minimum absolute atomic E-state index is 1.04. The van der Waals surface area contributed by atoms with Gasteiger partial charge in [0.1, 0.15) is 0 Å². The van der Waals surface area contributed by atoms with Crippen LogP contribution in [0.5, 0.6) is 0 Å². The van der Waals surface area contributed by atoms with E-state index in [2.05, 4.69) is 382 Å². The number of rotatable bonds is 15. The Balaban J connectivity index is 0.755. The molecule has 15 rings (SSSR count). The first-order valence-electron chi connectivity index (χ1n) is 29.6. The fourth-order valence-electron chi connectivity index (χ4n) is 12.2. The predicted molar refractivity (Wildman–Crippen MR) is 370 cm³/mol. The van der Waals surface area contributed by atoms with Crippen molar-refractivity contribution >= 4 is 128 Å². The van der Waals surface area contributed by atoms with Crippen LogP contribution in [0.1, 0.15) is 0 Å². The Bertz CT molecular complexity index is 4410. The highest BCUT2D eigenvalue weighted by Crippen LogP contribution is 2.45. The van der Waals surface area contributed by atoms with Crippen molar-refractivity contribution in [1.82, 2.24) is 0 Å². The number of fused-ring (bicyclic) bond motifs is 4. The second-order valence-corrected chi connectivity index (χ2v) is 21.9. The molecule has 412 valence electrons. The average molecular weight is 1110 g/mol. The van der Waals surface area contributed by atoms with E-state index in [1.807, 2.05) is 0 Å². The summed E-state index contributed by atoms with van der Waals surface area (Å²) >= 11 is 0. The van der Waals surface area contributed by atoms with E-state index in [4.69, 9.17) is 0 Å². The van der Waals surface area contributed by atoms with Crippen molar-refractivity contribution in [2.24, 2.45) is 0 Å². The van der Waals surface area contributed by atoms with Crippen LogP contribution in [0.25, 0.3) is 43.1 Å². The number of para-hydroxylation sites is 3. The minimum Gasteiger partial charge on any atom is -0.311 e. The summed E-state index contributed by atoms with van der Waals surface area (Å²) in [6.45, 7) is 0. The zero-order valence-electron chi connectivity index (χ0n) is 47.8. The molecule has 0 saturated carbocycles. The molecule has 87 heavy (non-hydrogen) atoms. The number of hydrogen-bond acceptors (Lipinski definition) is 5. The molecule has 0 saturated heterocycles. The molecule has 5 heteroatoms. The van der Waals surface area contributed by atoms with Gasteiger partial charge in [0.05, 0.1) is 0 Å². The number of nitrogens with zero attached hydrogens (tertiary/aromatic N) is 5. The van der Waals surface area contributed by atoms with E-state index in [1.165, 1.54) is 43.1 Å². The van der Waals surface area contributed by atoms with Crippen LogP contribution < -0.4 is 24.5 Å². The lowest BCUT2D eigenvalue weighted by molar-refractivity contribution is 1.24. The predicted octanol–water partition coefficient (Wildman–Crippen LogP) is 23.6. The van der Waals surface area contributed by atoms with Gasteiger partial charge in [0.2, 0.25) is 0 Å². The van der Waals surface area contributed by atoms with Crippen molar-refractivity contribution in [3.05, 3.63) is 358 Å². The summed E-state index contributed by atoms with van der Waals surface area (Å²) in [5, 5.41) is 9.66. The van der Waals surface area contributed by atoms with Gasteiger partial charge in [0.25, 0.3) is 0 Å². The maximum Gasteiger partial charge on any atom is 0.0468 e. The molecular formula is C82H59N5. The van der Waals surface area contributed by atoms with Crippen LogP contribution in [-0.4, -0.2) is 0 Å². The number of benzene rings is 15. The zero-order chi connectivity index (χ0) is 57.9. The van der Waals surface area contributed by atoms with Crippen LogP contribution in [0, 0.1) is 0 Å². The molecule has 0 atom stereocenters. The third kappa shape index (κ3) is 10.5. The van der Waals surface area contributed by atoms with E-state index < -0.39 is 0 Å². The van der Waals surface area contributed by atoms with Crippen molar-refractivity contribution in [2.45, 2.75) is 0 Å². The third-order valence-corrected chi connectivity index (χ3v) is 16.5. The zero-order valence-corrected chi connectivity index (χ0v) is 47.8. The summed E-state index contributed by atoms with van der Waals surface area (Å²) in [5.41, 5.74) is 16.0. The second-order valence-electron chi connectivity index (χ2n) is 21.9. The van der Waals surface area contributed by atoms with E-state index in [9.17, 15) is 0 Å². The Labute approximate surface area is 508 Å². The summed E-state index contributed by atoms with van der Waals surface area (Å²) in [6.07, 6.45) is 0. The van der Waals surface area contributed by atoms with Gasteiger partial charge in [-0.2, -0.15) is 0 Å². The van der Waals surface area contributed by atoms with Gasteiger partial charge in [-0.3, -0.25) is 0 Å². The highest BCUT2D eigenvalue weighted by atomic mass is 15.2. The molecule has 0 bridgehead atoms. The van der Waals surface area contributed by atoms with Crippen LogP contribution in [0.2, 0.25) is 0 Å². The van der Waals surface area contributed by atoms with Gasteiger partial charge in [-0.05, 0) is 225 Å². The Hall–Kier alpha value is -11.7. The summed E-state index contributed by atoms with van der Waals surface area (Å²) in [4.78, 5) is 11.7. The molecule has 0 radical (unpaired) electrons. The molecule has 5 nitrogen and oxygen atoms in total. The quantitative estimate of drug-likeness (QED) is 0.101. The maximum absolute atomic E-state index is 2.36. The molecule has 0 fully saturated rings. The fraction of sp³-hybridized carbons (Fsp3) is 0. The molecular weight excluding hydrogens is 1050 g/mol. The average Bonchev–Trinajstić information content (AvgIpc) is 3.62. The molecule has 0 aromatic heterocycles. The summed E-state index contributed by atoms with van der Waals surface area (Å²) in [7, 11) is 0. The lowest BCUT2D eigenvalue weighted by atomic mass is 10.1. The van der Waals surface area contributed by atoms with E-state index >= 15 is 0 Å². The molecule has 15 aromatic carbocycles. The van der Waals surface area contributed by atoms with Crippen molar-refractivity contribution in [1.29, 1.82) is 0 Å². The lowest BCUT2D eigenvalue weighted by Gasteiger charge is -2.30. The minimum atomic E-state index is 1.04. The molecule has 0 aliphatic carbocycles. The van der Waals surface area contributed by atoms with Gasteiger partial charge in [-0.25, -0.2) is 0 Å². The smallest absolute Gasteiger partial charge is 0.0468 e. The monoisotopic (exact) mass is 1110 g/mol. The Morgan fingerprint density at radius 3 is 0.437 bits per heavy atom. The Morgan fingerprint density at radius 1 is 0.103 bits per heavy atom. The van der Waals surface area contributed by atoms with Crippen LogP contribution in [0.15, 0.2) is 358 Å². The van der Waals surface area contributed by atoms with E-state index in [0.717, 1.165) is 85.3 Å². The SMILES string of the molecule is c1ccc(N(c2ccc(N(c3ccccc3)c3ccc(N(c4ccc5ccccc5c4)c4ccc5ccccc5c4)cc3)cc2)c2ccc(N(c3ccccc3)c3ccc(N(c4ccc5ccccc5c4)c4ccc5ccccc5c4)cc3)cc2)cc1. The van der Waals surface area contributed by atoms with Gasteiger partial charge in [-0.1, -0.05) is 176 Å². The topological polar surface area (TPSA) is 16.2 Å². The van der Waals surface area contributed by atoms with Gasteiger partial charge in [-0.15, -0.1) is 0 Å². The summed E-state index contributed by atoms with van der Waals surface area (Å²) in [6, 6.07) is 129. The Kier molecular flexibility index (Phi) is 13.9. The van der Waals surface area contributed by atoms with E-state index in [1.54, 1.807) is 0 Å². The molecule has 15 aromatic rings. The van der Waals surface area contributed by atoms with Crippen LogP contribution >= 0.6 is 0 Å². The van der Waals surface area contributed by atoms with Gasteiger partial charge in [0, 0.05) is 85.3 Å². The fourth-order valence-corrected chi connectivity index (χ4v) is 12.2. The number of anilines is 15. The van der Waals surface area contributed by atoms with Crippen LogP contribution in [-0.2, 0) is 0 Å². The highest BCUT2D eigenvalue weighted by Gasteiger charge is 2.21. The van der Waals surface area contributed by atoms with Gasteiger partial charge < -0.3 is 24.5 Å². The highest BCUT2D eigenvalue weighted by molar-refractivity contribution is 5.95. The maximum atomic E-state index is 2.36. The Morgan fingerprint density at radius 2 is 0.241 bits per heavy atom. The van der Waals surface area contributed by atoms with Crippen LogP contribution in [0.4, 0.5) is 85.3 Å². The molecule has 0 unspecified atom stereocenters. The second kappa shape index (κ2) is 23.2. The molecule has 0 spiro atoms. The first-order chi connectivity index (χ1) is 43.1. The van der Waals surface area contributed by atoms with E-state index in [0.29, 0.717) is 0 Å². The lowest BCUT2D eigenvalue weighted by Crippen LogP contribution is -2.14. The van der Waals surface area contributed by atoms with Crippen molar-refractivity contribution in [3.8, 4) is 0 Å². The summed E-state index contributed by atoms with van der Waals surface area (Å²) < 4.78 is 0. The molecule has 0 N–H and O–H groups in total. The van der Waals surface area contributed by atoms with Crippen molar-refractivity contribution in [3.63, 3.8) is 0 Å². The molecule has 0 heterocycles. The van der Waals surface area contributed by atoms with E-state index in [-0.39, 0.29) is 0 Å². The number of hydrogen-bond donors (Lipinski definition) is 0. The van der Waals surface area contributed by atoms with Crippen molar-refractivity contribution in [2.75, 3.05) is 24.5 Å². The first kappa shape index (κ1) is 52.2.